The number of methoxy groups -OCH3 is 2. The molecule has 0 bridgehead atoms. The van der Waals surface area contributed by atoms with Crippen molar-refractivity contribution >= 4 is 78.3 Å². The van der Waals surface area contributed by atoms with Gasteiger partial charge in [-0.2, -0.15) is 0 Å². The Morgan fingerprint density at radius 1 is 0.900 bits per heavy atom. The van der Waals surface area contributed by atoms with Crippen molar-refractivity contribution in [1.29, 1.82) is 0 Å². The van der Waals surface area contributed by atoms with Gasteiger partial charge < -0.3 is 14.6 Å². The van der Waals surface area contributed by atoms with E-state index < -0.39 is 16.1 Å². The number of rotatable bonds is 6. The molecule has 0 radical (unpaired) electrons. The first-order chi connectivity index (χ1) is 13.8. The predicted octanol–water partition coefficient (Wildman–Crippen LogP) is 3.78. The fourth-order valence-electron chi connectivity index (χ4n) is 2.36. The van der Waals surface area contributed by atoms with Crippen molar-refractivity contribution in [2.24, 2.45) is 0 Å². The second kappa shape index (κ2) is 11.3. The summed E-state index contributed by atoms with van der Waals surface area (Å²) in [5.74, 6) is 0.996. The third-order valence-corrected chi connectivity index (χ3v) is 9.65. The van der Waals surface area contributed by atoms with Crippen LogP contribution in [0.2, 0.25) is 39.3 Å². The molecule has 0 amide bonds. The van der Waals surface area contributed by atoms with Crippen LogP contribution >= 0.6 is 45.2 Å². The van der Waals surface area contributed by atoms with Crippen molar-refractivity contribution in [2.45, 2.75) is 45.9 Å². The highest BCUT2D eigenvalue weighted by Gasteiger charge is 2.23. The van der Waals surface area contributed by atoms with Crippen LogP contribution in [0.5, 0.6) is 11.8 Å². The van der Waals surface area contributed by atoms with Crippen LogP contribution in [0.3, 0.4) is 0 Å². The molecule has 10 heteroatoms. The van der Waals surface area contributed by atoms with Gasteiger partial charge in [-0.1, -0.05) is 39.3 Å². The van der Waals surface area contributed by atoms with Crippen LogP contribution < -0.4 is 20.1 Å². The maximum atomic E-state index is 10.9. The number of carbonyl (C=O) groups is 1. The number of ether oxygens (including phenoxy) is 2. The number of aldehydes is 1. The summed E-state index contributed by atoms with van der Waals surface area (Å²) in [6.07, 6.45) is 0.793. The molecule has 0 atom stereocenters. The lowest BCUT2D eigenvalue weighted by Crippen LogP contribution is -2.40. The Kier molecular flexibility index (Phi) is 10.4. The molecule has 0 saturated carbocycles. The second-order valence-electron chi connectivity index (χ2n) is 8.67. The van der Waals surface area contributed by atoms with Gasteiger partial charge in [0, 0.05) is 17.8 Å². The number of carbonyl (C=O) groups excluding carboxylic acids is 1. The number of aliphatic hydroxyl groups is 1. The zero-order valence-corrected chi connectivity index (χ0v) is 25.1. The van der Waals surface area contributed by atoms with Gasteiger partial charge in [0.25, 0.3) is 0 Å². The van der Waals surface area contributed by atoms with Crippen LogP contribution in [-0.4, -0.2) is 51.7 Å². The van der Waals surface area contributed by atoms with Crippen molar-refractivity contribution < 1.29 is 19.4 Å². The molecule has 0 aliphatic heterocycles. The van der Waals surface area contributed by atoms with Crippen LogP contribution in [0.15, 0.2) is 12.1 Å². The van der Waals surface area contributed by atoms with E-state index in [0.717, 1.165) is 29.6 Å². The summed E-state index contributed by atoms with van der Waals surface area (Å²) in [7, 11) is 0.244. The molecule has 2 rings (SSSR count). The van der Waals surface area contributed by atoms with Gasteiger partial charge in [-0.25, -0.2) is 9.97 Å². The third kappa shape index (κ3) is 7.24. The molecule has 0 aliphatic rings. The van der Waals surface area contributed by atoms with Crippen LogP contribution in [0.25, 0.3) is 0 Å². The normalized spacial score (nSPS) is 11.4. The van der Waals surface area contributed by atoms with E-state index in [1.54, 1.807) is 14.2 Å². The highest BCUT2D eigenvalue weighted by molar-refractivity contribution is 14.1. The van der Waals surface area contributed by atoms with Crippen molar-refractivity contribution in [3.63, 3.8) is 0 Å². The summed E-state index contributed by atoms with van der Waals surface area (Å²) in [6, 6.07) is 4.04. The molecule has 0 aromatic carbocycles. The molecular weight excluding hydrogens is 642 g/mol. The molecule has 2 heterocycles. The summed E-state index contributed by atoms with van der Waals surface area (Å²) < 4.78 is 12.3. The van der Waals surface area contributed by atoms with Gasteiger partial charge in [0.15, 0.2) is 6.29 Å². The summed E-state index contributed by atoms with van der Waals surface area (Å²) in [5.41, 5.74) is 1.32. The van der Waals surface area contributed by atoms with Crippen LogP contribution in [0.1, 0.15) is 15.9 Å². The molecule has 0 saturated heterocycles. The number of hydrogen-bond acceptors (Lipinski definition) is 6. The molecule has 2 aromatic heterocycles. The van der Waals surface area contributed by atoms with Gasteiger partial charge in [-0.3, -0.25) is 4.79 Å². The topological polar surface area (TPSA) is 81.5 Å². The van der Waals surface area contributed by atoms with E-state index in [4.69, 9.17) is 9.47 Å². The molecule has 1 N–H and O–H groups in total. The van der Waals surface area contributed by atoms with E-state index in [0.29, 0.717) is 17.3 Å². The van der Waals surface area contributed by atoms with E-state index in [1.807, 2.05) is 6.07 Å². The van der Waals surface area contributed by atoms with E-state index in [-0.39, 0.29) is 6.61 Å². The van der Waals surface area contributed by atoms with Crippen LogP contribution in [-0.2, 0) is 6.61 Å². The average molecular weight is 672 g/mol. The largest absolute Gasteiger partial charge is 0.481 e. The maximum Gasteiger partial charge on any atom is 0.224 e. The lowest BCUT2D eigenvalue weighted by molar-refractivity contribution is 0.111. The molecule has 30 heavy (non-hydrogen) atoms. The predicted molar refractivity (Wildman–Crippen MR) is 144 cm³/mol. The summed E-state index contributed by atoms with van der Waals surface area (Å²) in [5, 5.41) is 11.4. The number of hydrogen-bond donors (Lipinski definition) is 1. The minimum Gasteiger partial charge on any atom is -0.481 e. The summed E-state index contributed by atoms with van der Waals surface area (Å²) in [6.45, 7) is 13.3. The summed E-state index contributed by atoms with van der Waals surface area (Å²) >= 11 is 4.36. The quantitative estimate of drug-likeness (QED) is 0.286. The summed E-state index contributed by atoms with van der Waals surface area (Å²) in [4.78, 5) is 19.7. The minimum absolute atomic E-state index is 0.0274. The molecule has 0 aliphatic carbocycles. The fourth-order valence-corrected chi connectivity index (χ4v) is 6.33. The number of nitrogens with zero attached hydrogens (tertiary/aromatic N) is 2. The third-order valence-electron chi connectivity index (χ3n) is 4.20. The highest BCUT2D eigenvalue weighted by Crippen LogP contribution is 2.21. The molecule has 0 spiro atoms. The van der Waals surface area contributed by atoms with Gasteiger partial charge in [0.05, 0.1) is 32.0 Å². The molecule has 0 unspecified atom stereocenters. The second-order valence-corrected chi connectivity index (χ2v) is 21.0. The Labute approximate surface area is 208 Å². The first-order valence-electron chi connectivity index (χ1n) is 9.35. The Morgan fingerprint density at radius 2 is 1.33 bits per heavy atom. The average Bonchev–Trinajstić information content (AvgIpc) is 2.65. The molecule has 2 aromatic rings. The van der Waals surface area contributed by atoms with Crippen LogP contribution in [0.4, 0.5) is 0 Å². The lowest BCUT2D eigenvalue weighted by atomic mass is 10.3. The number of aliphatic hydroxyl groups excluding tert-OH is 1. The number of aromatic nitrogens is 2. The Balaban J connectivity index is 0.000000300. The fraction of sp³-hybridized carbons (Fsp3) is 0.450. The molecule has 6 nitrogen and oxygen atoms in total. The van der Waals surface area contributed by atoms with E-state index >= 15 is 0 Å². The van der Waals surface area contributed by atoms with Gasteiger partial charge >= 0.3 is 0 Å². The molecular formula is C20H30I2N2O4Si2. The van der Waals surface area contributed by atoms with Crippen molar-refractivity contribution in [3.8, 4) is 11.8 Å². The lowest BCUT2D eigenvalue weighted by Gasteiger charge is -2.18. The minimum atomic E-state index is -1.46. The molecule has 0 fully saturated rings. The Bertz CT molecular complexity index is 898. The van der Waals surface area contributed by atoms with Gasteiger partial charge in [0.2, 0.25) is 11.8 Å². The zero-order valence-electron chi connectivity index (χ0n) is 18.8. The van der Waals surface area contributed by atoms with E-state index in [9.17, 15) is 9.90 Å². The molecule has 166 valence electrons. The maximum absolute atomic E-state index is 10.9. The first-order valence-corrected chi connectivity index (χ1v) is 18.5. The standard InChI is InChI=1S/C10H16INO2Si.C10H14INO2Si/c2*1-14-10-7(6-13)8(11)5-9(12-10)15(2,3)4/h5,13H,6H2,1-4H3;5-6H,1-4H3. The highest BCUT2D eigenvalue weighted by atomic mass is 127. The van der Waals surface area contributed by atoms with E-state index in [2.05, 4.69) is 100 Å². The van der Waals surface area contributed by atoms with Crippen molar-refractivity contribution in [3.05, 3.63) is 30.4 Å². The zero-order chi connectivity index (χ0) is 23.3. The number of halogens is 2. The first kappa shape index (κ1) is 27.5. The Hall–Kier alpha value is -0.576. The van der Waals surface area contributed by atoms with Crippen LogP contribution in [0, 0.1) is 7.14 Å². The van der Waals surface area contributed by atoms with E-state index in [1.165, 1.54) is 0 Å². The Morgan fingerprint density at radius 3 is 1.70 bits per heavy atom. The SMILES string of the molecule is COc1nc([Si](C)(C)C)cc(I)c1C=O.COc1nc([Si](C)(C)C)cc(I)c1CO. The van der Waals surface area contributed by atoms with Gasteiger partial charge in [0.1, 0.15) is 16.1 Å². The van der Waals surface area contributed by atoms with Gasteiger partial charge in [-0.15, -0.1) is 0 Å². The van der Waals surface area contributed by atoms with Crippen molar-refractivity contribution in [1.82, 2.24) is 9.97 Å². The smallest absolute Gasteiger partial charge is 0.224 e. The van der Waals surface area contributed by atoms with Crippen molar-refractivity contribution in [2.75, 3.05) is 14.2 Å². The monoisotopic (exact) mass is 672 g/mol. The van der Waals surface area contributed by atoms with Gasteiger partial charge in [-0.05, 0) is 57.3 Å². The number of pyridine rings is 2.